The first-order chi connectivity index (χ1) is 23.6. The van der Waals surface area contributed by atoms with E-state index in [4.69, 9.17) is 19.9 Å². The van der Waals surface area contributed by atoms with Crippen LogP contribution in [0.15, 0.2) is 48.1 Å². The van der Waals surface area contributed by atoms with Crippen LogP contribution >= 0.6 is 0 Å². The zero-order valence-electron chi connectivity index (χ0n) is 27.9. The number of aliphatic hydroxyl groups is 1. The maximum atomic E-state index is 17.2. The molecular formula is C35H42F2N2O11. The first kappa shape index (κ1) is 37.0. The first-order valence-corrected chi connectivity index (χ1v) is 16.7. The minimum atomic E-state index is -2.23. The van der Waals surface area contributed by atoms with Crippen LogP contribution in [-0.2, 0) is 35.1 Å². The number of esters is 1. The molecule has 5 rings (SSSR count). The number of fused-ring (bicyclic) bond motifs is 5. The fraction of sp³-hybridized carbons (Fsp3) is 0.600. The summed E-state index contributed by atoms with van der Waals surface area (Å²) in [4.78, 5) is 64.4. The van der Waals surface area contributed by atoms with Crippen molar-refractivity contribution in [1.82, 2.24) is 0 Å². The zero-order chi connectivity index (χ0) is 36.4. The van der Waals surface area contributed by atoms with E-state index in [0.717, 1.165) is 6.08 Å². The van der Waals surface area contributed by atoms with Crippen molar-refractivity contribution >= 4 is 23.7 Å². The average Bonchev–Trinajstić information content (AvgIpc) is 3.40. The highest BCUT2D eigenvalue weighted by Crippen LogP contribution is 2.69. The van der Waals surface area contributed by atoms with Gasteiger partial charge in [-0.2, -0.15) is 0 Å². The van der Waals surface area contributed by atoms with Crippen LogP contribution in [0.4, 0.5) is 13.6 Å². The lowest BCUT2D eigenvalue weighted by molar-refractivity contribution is -0.757. The third kappa shape index (κ3) is 7.02. The van der Waals surface area contributed by atoms with E-state index in [2.05, 4.69) is 4.84 Å². The van der Waals surface area contributed by atoms with E-state index in [-0.39, 0.29) is 43.8 Å². The third-order valence-electron chi connectivity index (χ3n) is 11.2. The summed E-state index contributed by atoms with van der Waals surface area (Å²) in [5.74, 6) is -3.34. The molecule has 9 atom stereocenters. The van der Waals surface area contributed by atoms with Gasteiger partial charge in [-0.1, -0.05) is 25.1 Å². The van der Waals surface area contributed by atoms with Gasteiger partial charge in [0.05, 0.1) is 19.3 Å². The predicted octanol–water partition coefficient (Wildman–Crippen LogP) is 4.11. The summed E-state index contributed by atoms with van der Waals surface area (Å²) in [7, 11) is 0. The van der Waals surface area contributed by atoms with E-state index in [1.165, 1.54) is 31.2 Å². The highest BCUT2D eigenvalue weighted by atomic mass is 19.1. The molecule has 0 aliphatic heterocycles. The van der Waals surface area contributed by atoms with Gasteiger partial charge in [-0.25, -0.2) is 13.6 Å². The number of alkyl halides is 2. The molecule has 0 amide bonds. The molecule has 0 radical (unpaired) electrons. The second-order valence-electron chi connectivity index (χ2n) is 14.1. The Morgan fingerprint density at radius 2 is 1.80 bits per heavy atom. The van der Waals surface area contributed by atoms with Crippen molar-refractivity contribution in [3.05, 3.63) is 63.7 Å². The van der Waals surface area contributed by atoms with E-state index in [9.17, 15) is 34.4 Å². The number of carbonyl (C=O) groups excluding carboxylic acids is 4. The standard InChI is InChI=1S/C35H42F2N2O11/c1-33-18-30(42)35(37)25(17-27(36)26-16-21(40)11-12-34(26,35)2)23(33)9-10-24(33)29(41)19-48-32(44)50-22-7-5-20(6-8-22)15-28(38)31(43)47-13-3-4-14-49-39(45)46/h5-8,11-12,16,23-25,27-28,30,42H,3-4,9-10,13-15,17-19,38H2,1-2H3/t23?,24?,25?,27-,28?,30?,33?,34?,35-/m0/s1. The van der Waals surface area contributed by atoms with Crippen molar-refractivity contribution in [3.63, 3.8) is 0 Å². The first-order valence-electron chi connectivity index (χ1n) is 16.7. The van der Waals surface area contributed by atoms with Gasteiger partial charge in [0.1, 0.15) is 18.0 Å². The van der Waals surface area contributed by atoms with E-state index in [0.29, 0.717) is 31.2 Å². The number of Topliss-reactive ketones (excluding diaryl/α,β-unsaturated/α-hetero) is 1. The number of ether oxygens (including phenoxy) is 3. The highest BCUT2D eigenvalue weighted by molar-refractivity contribution is 6.01. The minimum absolute atomic E-state index is 0.0336. The lowest BCUT2D eigenvalue weighted by atomic mass is 9.45. The summed E-state index contributed by atoms with van der Waals surface area (Å²) in [5, 5.41) is 20.6. The van der Waals surface area contributed by atoms with Crippen LogP contribution in [0.5, 0.6) is 5.75 Å². The second-order valence-corrected chi connectivity index (χ2v) is 14.1. The summed E-state index contributed by atoms with van der Waals surface area (Å²) >= 11 is 0. The number of unbranched alkanes of at least 4 members (excludes halogenated alkanes) is 1. The number of halogens is 2. The van der Waals surface area contributed by atoms with Crippen molar-refractivity contribution in [2.24, 2.45) is 34.3 Å². The molecule has 4 aliphatic rings. The van der Waals surface area contributed by atoms with Crippen molar-refractivity contribution in [2.45, 2.75) is 82.8 Å². The zero-order valence-corrected chi connectivity index (χ0v) is 27.9. The van der Waals surface area contributed by atoms with Crippen LogP contribution in [-0.4, -0.2) is 77.7 Å². The predicted molar refractivity (Wildman–Crippen MR) is 170 cm³/mol. The number of nitrogens with zero attached hydrogens (tertiary/aromatic N) is 1. The Kier molecular flexibility index (Phi) is 10.8. The van der Waals surface area contributed by atoms with Gasteiger partial charge in [-0.15, -0.1) is 10.1 Å². The largest absolute Gasteiger partial charge is 0.514 e. The topological polar surface area (TPSA) is 195 Å². The van der Waals surface area contributed by atoms with Crippen molar-refractivity contribution < 1.29 is 57.2 Å². The number of carbonyl (C=O) groups is 4. The van der Waals surface area contributed by atoms with Gasteiger partial charge in [0, 0.05) is 17.3 Å². The molecule has 3 fully saturated rings. The van der Waals surface area contributed by atoms with Gasteiger partial charge in [0.25, 0.3) is 5.09 Å². The average molecular weight is 705 g/mol. The van der Waals surface area contributed by atoms with Crippen LogP contribution in [0, 0.1) is 38.7 Å². The second kappa shape index (κ2) is 14.5. The molecule has 272 valence electrons. The molecule has 3 saturated carbocycles. The lowest BCUT2D eigenvalue weighted by Gasteiger charge is -2.62. The molecule has 4 aliphatic carbocycles. The monoisotopic (exact) mass is 704 g/mol. The number of hydrogen-bond acceptors (Lipinski definition) is 12. The Morgan fingerprint density at radius 1 is 1.10 bits per heavy atom. The number of ketones is 2. The van der Waals surface area contributed by atoms with E-state index in [1.807, 2.05) is 0 Å². The van der Waals surface area contributed by atoms with Crippen LogP contribution in [0.25, 0.3) is 0 Å². The normalized spacial score (nSPS) is 33.2. The molecular weight excluding hydrogens is 662 g/mol. The maximum Gasteiger partial charge on any atom is 0.514 e. The van der Waals surface area contributed by atoms with Gasteiger partial charge >= 0.3 is 12.1 Å². The van der Waals surface area contributed by atoms with Crippen molar-refractivity contribution in [1.29, 1.82) is 0 Å². The number of nitrogens with two attached hydrogens (primary N) is 1. The lowest BCUT2D eigenvalue weighted by Crippen LogP contribution is -2.68. The van der Waals surface area contributed by atoms with Crippen molar-refractivity contribution in [2.75, 3.05) is 19.8 Å². The summed E-state index contributed by atoms with van der Waals surface area (Å²) < 4.78 is 48.2. The van der Waals surface area contributed by atoms with Gasteiger partial charge in [-0.05, 0) is 98.6 Å². The van der Waals surface area contributed by atoms with E-state index >= 15 is 8.78 Å². The molecule has 3 N–H and O–H groups in total. The SMILES string of the molecule is CC12CC(O)[C@@]3(F)C(C[C@H](F)C4=CC(=O)C=CC43C)C1CCC2C(=O)COC(=O)Oc1ccc(CC(N)C(=O)OCCCCO[N+](=O)[O-])cc1. The Bertz CT molecular complexity index is 1570. The smallest absolute Gasteiger partial charge is 0.465 e. The Hall–Kier alpha value is -4.24. The molecule has 1 aromatic rings. The van der Waals surface area contributed by atoms with Gasteiger partial charge in [0.15, 0.2) is 23.8 Å². The molecule has 0 aromatic heterocycles. The molecule has 50 heavy (non-hydrogen) atoms. The Balaban J connectivity index is 1.11. The Labute approximate surface area is 287 Å². The van der Waals surface area contributed by atoms with Gasteiger partial charge < -0.3 is 29.9 Å². The van der Waals surface area contributed by atoms with Crippen molar-refractivity contribution in [3.8, 4) is 5.75 Å². The van der Waals surface area contributed by atoms with Crippen LogP contribution in [0.3, 0.4) is 0 Å². The van der Waals surface area contributed by atoms with Crippen LogP contribution < -0.4 is 10.5 Å². The van der Waals surface area contributed by atoms with Crippen LogP contribution in [0.2, 0.25) is 0 Å². The Morgan fingerprint density at radius 3 is 2.50 bits per heavy atom. The number of aliphatic hydroxyl groups excluding tert-OH is 1. The van der Waals surface area contributed by atoms with Gasteiger partial charge in [0.2, 0.25) is 0 Å². The quantitative estimate of drug-likeness (QED) is 0.0983. The highest BCUT2D eigenvalue weighted by Gasteiger charge is 2.72. The molecule has 15 heteroatoms. The fourth-order valence-corrected chi connectivity index (χ4v) is 8.74. The van der Waals surface area contributed by atoms with E-state index in [1.54, 1.807) is 19.1 Å². The fourth-order valence-electron chi connectivity index (χ4n) is 8.74. The third-order valence-corrected chi connectivity index (χ3v) is 11.2. The molecule has 0 heterocycles. The summed E-state index contributed by atoms with van der Waals surface area (Å²) in [6.45, 7) is 2.66. The number of benzene rings is 1. The summed E-state index contributed by atoms with van der Waals surface area (Å²) in [6.07, 6.45) is 0.865. The van der Waals surface area contributed by atoms with E-state index < -0.39 is 88.0 Å². The molecule has 0 saturated heterocycles. The van der Waals surface area contributed by atoms with Gasteiger partial charge in [-0.3, -0.25) is 14.4 Å². The summed E-state index contributed by atoms with van der Waals surface area (Å²) in [6, 6.07) is 5.12. The minimum Gasteiger partial charge on any atom is -0.465 e. The number of hydrogen-bond donors (Lipinski definition) is 2. The number of allylic oxidation sites excluding steroid dienone is 4. The molecule has 13 nitrogen and oxygen atoms in total. The maximum absolute atomic E-state index is 17.2. The molecule has 1 aromatic carbocycles. The molecule has 0 bridgehead atoms. The summed E-state index contributed by atoms with van der Waals surface area (Å²) in [5.41, 5.74) is 2.00. The number of rotatable bonds is 13. The molecule has 0 spiro atoms. The van der Waals surface area contributed by atoms with Crippen LogP contribution in [0.1, 0.15) is 57.9 Å². The molecule has 7 unspecified atom stereocenters.